The molecule has 29 heavy (non-hydrogen) atoms. The zero-order valence-electron chi connectivity index (χ0n) is 16.9. The lowest BCUT2D eigenvalue weighted by Crippen LogP contribution is -2.25. The zero-order valence-corrected chi connectivity index (χ0v) is 16.9. The lowest BCUT2D eigenvalue weighted by atomic mass is 10.1. The summed E-state index contributed by atoms with van der Waals surface area (Å²) in [5, 5.41) is 0. The molecule has 6 nitrogen and oxygen atoms in total. The maximum atomic E-state index is 14.5. The molecule has 0 unspecified atom stereocenters. The molecule has 2 rings (SSSR count). The summed E-state index contributed by atoms with van der Waals surface area (Å²) >= 11 is 0. The number of carbonyl (C=O) groups is 2. The molecular weight excluding hydrogens is 377 g/mol. The predicted octanol–water partition coefficient (Wildman–Crippen LogP) is 4.50. The van der Waals surface area contributed by atoms with Crippen LogP contribution in [0.4, 0.5) is 9.18 Å². The van der Waals surface area contributed by atoms with Crippen molar-refractivity contribution >= 4 is 17.8 Å². The molecule has 0 bridgehead atoms. The summed E-state index contributed by atoms with van der Waals surface area (Å²) in [7, 11) is 1.16. The van der Waals surface area contributed by atoms with Gasteiger partial charge in [0.15, 0.2) is 0 Å². The number of methoxy groups -OCH3 is 1. The van der Waals surface area contributed by atoms with Gasteiger partial charge in [0.2, 0.25) is 0 Å². The molecule has 7 heteroatoms. The summed E-state index contributed by atoms with van der Waals surface area (Å²) in [5.74, 6) is -1.07. The number of esters is 1. The molecule has 1 amide bonds. The van der Waals surface area contributed by atoms with Gasteiger partial charge in [0.25, 0.3) is 0 Å². The first-order valence-corrected chi connectivity index (χ1v) is 9.02. The minimum Gasteiger partial charge on any atom is -0.489 e. The average molecular weight is 401 g/mol. The molecular formula is C22H24FNO5. The van der Waals surface area contributed by atoms with E-state index in [4.69, 9.17) is 9.47 Å². The van der Waals surface area contributed by atoms with Gasteiger partial charge in [-0.25, -0.2) is 14.0 Å². The van der Waals surface area contributed by atoms with Crippen LogP contribution >= 0.6 is 0 Å². The number of ether oxygens (including phenoxy) is 3. The van der Waals surface area contributed by atoms with Crippen LogP contribution < -0.4 is 4.74 Å². The molecule has 0 spiro atoms. The van der Waals surface area contributed by atoms with E-state index in [2.05, 4.69) is 9.73 Å². The fourth-order valence-corrected chi connectivity index (χ4v) is 2.35. The monoisotopic (exact) mass is 401 g/mol. The fourth-order valence-electron chi connectivity index (χ4n) is 2.35. The Balaban J connectivity index is 2.12. The number of hydrogen-bond acceptors (Lipinski definition) is 5. The highest BCUT2D eigenvalue weighted by Crippen LogP contribution is 2.19. The molecule has 0 aliphatic heterocycles. The van der Waals surface area contributed by atoms with Gasteiger partial charge in [0.05, 0.1) is 7.11 Å². The molecule has 0 aliphatic rings. The van der Waals surface area contributed by atoms with Crippen molar-refractivity contribution in [3.05, 3.63) is 65.5 Å². The quantitative estimate of drug-likeness (QED) is 0.526. The normalized spacial score (nSPS) is 11.7. The molecule has 0 atom stereocenters. The molecule has 154 valence electrons. The lowest BCUT2D eigenvalue weighted by molar-refractivity contribution is -0.132. The van der Waals surface area contributed by atoms with E-state index in [-0.39, 0.29) is 17.7 Å². The predicted molar refractivity (Wildman–Crippen MR) is 107 cm³/mol. The summed E-state index contributed by atoms with van der Waals surface area (Å²) in [5.41, 5.74) is 0.1000. The van der Waals surface area contributed by atoms with Gasteiger partial charge < -0.3 is 14.2 Å². The van der Waals surface area contributed by atoms with Crippen LogP contribution in [-0.4, -0.2) is 30.5 Å². The summed E-state index contributed by atoms with van der Waals surface area (Å²) in [6, 6.07) is 13.8. The number of nitrogens with zero attached hydrogens (tertiary/aromatic N) is 1. The van der Waals surface area contributed by atoms with E-state index < -0.39 is 23.5 Å². The summed E-state index contributed by atoms with van der Waals surface area (Å²) in [6.45, 7) is 5.32. The molecule has 0 radical (unpaired) electrons. The Labute approximate surface area is 169 Å². The van der Waals surface area contributed by atoms with Crippen molar-refractivity contribution in [1.82, 2.24) is 0 Å². The van der Waals surface area contributed by atoms with Gasteiger partial charge in [-0.15, -0.1) is 0 Å². The topological polar surface area (TPSA) is 74.2 Å². The van der Waals surface area contributed by atoms with Gasteiger partial charge in [-0.2, -0.15) is 4.99 Å². The smallest absolute Gasteiger partial charge is 0.434 e. The van der Waals surface area contributed by atoms with Crippen molar-refractivity contribution < 1.29 is 28.2 Å². The maximum Gasteiger partial charge on any atom is 0.434 e. The molecule has 2 aromatic carbocycles. The first kappa shape index (κ1) is 22.1. The first-order valence-electron chi connectivity index (χ1n) is 9.02. The van der Waals surface area contributed by atoms with Crippen LogP contribution in [0.3, 0.4) is 0 Å². The Bertz CT molecular complexity index is 888. The van der Waals surface area contributed by atoms with Gasteiger partial charge in [-0.1, -0.05) is 36.4 Å². The third-order valence-corrected chi connectivity index (χ3v) is 3.67. The zero-order chi connectivity index (χ0) is 21.4. The van der Waals surface area contributed by atoms with Crippen molar-refractivity contribution in [2.75, 3.05) is 7.11 Å². The Hall–Kier alpha value is -3.22. The van der Waals surface area contributed by atoms with E-state index in [0.29, 0.717) is 12.4 Å². The Morgan fingerprint density at radius 1 is 1.07 bits per heavy atom. The number of benzene rings is 2. The molecule has 0 heterocycles. The fraction of sp³-hybridized carbons (Fsp3) is 0.318. The molecule has 0 saturated heterocycles. The summed E-state index contributed by atoms with van der Waals surface area (Å²) in [6.07, 6.45) is -1.17. The maximum absolute atomic E-state index is 14.5. The van der Waals surface area contributed by atoms with Crippen molar-refractivity contribution in [2.45, 2.75) is 39.4 Å². The second-order valence-electron chi connectivity index (χ2n) is 7.23. The molecule has 0 aliphatic carbocycles. The number of carbonyl (C=O) groups excluding carboxylic acids is 2. The third kappa shape index (κ3) is 7.37. The van der Waals surface area contributed by atoms with Crippen LogP contribution in [0.25, 0.3) is 0 Å². The SMILES string of the molecule is COC(=O)C(Cc1ccc(OCc2ccccc2)cc1F)=NC(=O)OC(C)(C)C. The van der Waals surface area contributed by atoms with Crippen LogP contribution in [0.5, 0.6) is 5.75 Å². The highest BCUT2D eigenvalue weighted by molar-refractivity contribution is 6.38. The van der Waals surface area contributed by atoms with Gasteiger partial charge in [0, 0.05) is 12.5 Å². The van der Waals surface area contributed by atoms with Crippen LogP contribution in [0, 0.1) is 5.82 Å². The Morgan fingerprint density at radius 2 is 1.76 bits per heavy atom. The van der Waals surface area contributed by atoms with E-state index in [1.165, 1.54) is 12.1 Å². The second-order valence-corrected chi connectivity index (χ2v) is 7.23. The van der Waals surface area contributed by atoms with Gasteiger partial charge in [-0.05, 0) is 38.0 Å². The Morgan fingerprint density at radius 3 is 2.34 bits per heavy atom. The number of rotatable bonds is 6. The molecule has 0 saturated carbocycles. The minimum atomic E-state index is -0.943. The lowest BCUT2D eigenvalue weighted by Gasteiger charge is -2.17. The molecule has 0 aromatic heterocycles. The number of amides is 1. The van der Waals surface area contributed by atoms with E-state index >= 15 is 0 Å². The highest BCUT2D eigenvalue weighted by atomic mass is 19.1. The Kier molecular flexibility index (Phi) is 7.47. The number of hydrogen-bond donors (Lipinski definition) is 0. The number of halogens is 1. The van der Waals surface area contributed by atoms with E-state index in [1.807, 2.05) is 30.3 Å². The van der Waals surface area contributed by atoms with Crippen molar-refractivity contribution in [3.63, 3.8) is 0 Å². The van der Waals surface area contributed by atoms with Crippen LogP contribution in [0.2, 0.25) is 0 Å². The van der Waals surface area contributed by atoms with Gasteiger partial charge in [0.1, 0.15) is 29.5 Å². The third-order valence-electron chi connectivity index (χ3n) is 3.67. The average Bonchev–Trinajstić information content (AvgIpc) is 2.66. The first-order chi connectivity index (χ1) is 13.7. The van der Waals surface area contributed by atoms with Crippen molar-refractivity contribution in [1.29, 1.82) is 0 Å². The van der Waals surface area contributed by atoms with Crippen LogP contribution in [-0.2, 0) is 27.3 Å². The largest absolute Gasteiger partial charge is 0.489 e. The van der Waals surface area contributed by atoms with Crippen molar-refractivity contribution in [2.24, 2.45) is 4.99 Å². The molecule has 0 N–H and O–H groups in total. The van der Waals surface area contributed by atoms with Crippen LogP contribution in [0.1, 0.15) is 31.9 Å². The number of aliphatic imine (C=N–C) groups is 1. The standard InChI is InChI=1S/C22H24FNO5/c1-22(2,3)29-21(26)24-19(20(25)27-4)12-16-10-11-17(13-18(16)23)28-14-15-8-6-5-7-9-15/h5-11,13H,12,14H2,1-4H3. The van der Waals surface area contributed by atoms with E-state index in [0.717, 1.165) is 12.7 Å². The second kappa shape index (κ2) is 9.82. The molecule has 0 fully saturated rings. The minimum absolute atomic E-state index is 0.171. The van der Waals surface area contributed by atoms with Crippen LogP contribution in [0.15, 0.2) is 53.5 Å². The van der Waals surface area contributed by atoms with Gasteiger partial charge in [-0.3, -0.25) is 0 Å². The van der Waals surface area contributed by atoms with E-state index in [1.54, 1.807) is 26.8 Å². The highest BCUT2D eigenvalue weighted by Gasteiger charge is 2.21. The van der Waals surface area contributed by atoms with Gasteiger partial charge >= 0.3 is 12.1 Å². The van der Waals surface area contributed by atoms with Crippen molar-refractivity contribution in [3.8, 4) is 5.75 Å². The molecule has 2 aromatic rings. The summed E-state index contributed by atoms with van der Waals surface area (Å²) < 4.78 is 29.8. The summed E-state index contributed by atoms with van der Waals surface area (Å²) in [4.78, 5) is 27.5. The van der Waals surface area contributed by atoms with E-state index in [9.17, 15) is 14.0 Å².